The number of rotatable bonds is 4. The zero-order valence-electron chi connectivity index (χ0n) is 11.4. The van der Waals surface area contributed by atoms with E-state index < -0.39 is 11.5 Å². The van der Waals surface area contributed by atoms with Gasteiger partial charge in [-0.25, -0.2) is 4.79 Å². The highest BCUT2D eigenvalue weighted by Gasteiger charge is 2.30. The van der Waals surface area contributed by atoms with E-state index in [9.17, 15) is 9.90 Å². The van der Waals surface area contributed by atoms with E-state index in [1.807, 2.05) is 12.1 Å². The van der Waals surface area contributed by atoms with Crippen molar-refractivity contribution in [2.24, 2.45) is 0 Å². The molecule has 102 valence electrons. The molecule has 0 atom stereocenters. The first-order valence-corrected chi connectivity index (χ1v) is 5.88. The normalized spacial score (nSPS) is 11.6. The minimum Gasteiger partial charge on any atom is -0.497 e. The van der Waals surface area contributed by atoms with E-state index in [2.05, 4.69) is 0 Å². The first-order chi connectivity index (χ1) is 8.91. The van der Waals surface area contributed by atoms with Gasteiger partial charge >= 0.3 is 5.97 Å². The quantitative estimate of drug-likeness (QED) is 0.920. The molecule has 0 bridgehead atoms. The molecule has 2 rings (SSSR count). The van der Waals surface area contributed by atoms with Crippen LogP contribution < -0.4 is 9.47 Å². The second kappa shape index (κ2) is 4.50. The number of carboxylic acids is 1. The molecular formula is C14H17NO4. The van der Waals surface area contributed by atoms with Crippen LogP contribution in [0, 0.1) is 0 Å². The molecule has 1 N–H and O–H groups in total. The minimum absolute atomic E-state index is 0.630. The molecule has 1 aromatic heterocycles. The van der Waals surface area contributed by atoms with Crippen LogP contribution in [0.1, 0.15) is 13.8 Å². The van der Waals surface area contributed by atoms with Gasteiger partial charge in [-0.05, 0) is 19.9 Å². The van der Waals surface area contributed by atoms with Crippen molar-refractivity contribution in [3.8, 4) is 11.5 Å². The average Bonchev–Trinajstić information content (AvgIpc) is 2.81. The molecular weight excluding hydrogens is 246 g/mol. The zero-order chi connectivity index (χ0) is 14.2. The molecule has 0 aliphatic heterocycles. The molecule has 1 aromatic carbocycles. The van der Waals surface area contributed by atoms with E-state index in [4.69, 9.17) is 9.47 Å². The van der Waals surface area contributed by atoms with Crippen molar-refractivity contribution in [1.82, 2.24) is 4.57 Å². The standard InChI is InChI=1S/C14H17NO4/c1-14(2,13(16)17)15-6-5-10-11(15)7-9(18-3)8-12(10)19-4/h5-8H,1-4H3,(H,16,17). The molecule has 0 unspecified atom stereocenters. The number of nitrogens with zero attached hydrogens (tertiary/aromatic N) is 1. The summed E-state index contributed by atoms with van der Waals surface area (Å²) in [5, 5.41) is 10.2. The number of carboxylic acid groups (broad SMARTS) is 1. The summed E-state index contributed by atoms with van der Waals surface area (Å²) >= 11 is 0. The third-order valence-electron chi connectivity index (χ3n) is 3.32. The van der Waals surface area contributed by atoms with E-state index >= 15 is 0 Å². The van der Waals surface area contributed by atoms with Crippen molar-refractivity contribution in [2.45, 2.75) is 19.4 Å². The third kappa shape index (κ3) is 2.01. The second-order valence-corrected chi connectivity index (χ2v) is 4.81. The van der Waals surface area contributed by atoms with Gasteiger partial charge in [0.25, 0.3) is 0 Å². The second-order valence-electron chi connectivity index (χ2n) is 4.81. The summed E-state index contributed by atoms with van der Waals surface area (Å²) < 4.78 is 12.2. The van der Waals surface area contributed by atoms with E-state index in [1.165, 1.54) is 0 Å². The fourth-order valence-corrected chi connectivity index (χ4v) is 2.06. The molecule has 19 heavy (non-hydrogen) atoms. The van der Waals surface area contributed by atoms with Gasteiger partial charge in [-0.2, -0.15) is 0 Å². The summed E-state index contributed by atoms with van der Waals surface area (Å²) in [4.78, 5) is 11.4. The van der Waals surface area contributed by atoms with Crippen LogP contribution in [0.25, 0.3) is 10.9 Å². The van der Waals surface area contributed by atoms with Crippen LogP contribution in [0.4, 0.5) is 0 Å². The Bertz CT molecular complexity index is 628. The predicted molar refractivity (Wildman–Crippen MR) is 72.0 cm³/mol. The lowest BCUT2D eigenvalue weighted by atomic mass is 10.1. The lowest BCUT2D eigenvalue weighted by molar-refractivity contribution is -0.145. The molecule has 0 radical (unpaired) electrons. The van der Waals surface area contributed by atoms with Gasteiger partial charge in [-0.1, -0.05) is 0 Å². The monoisotopic (exact) mass is 263 g/mol. The number of aromatic nitrogens is 1. The van der Waals surface area contributed by atoms with Crippen LogP contribution in [-0.2, 0) is 10.3 Å². The van der Waals surface area contributed by atoms with Gasteiger partial charge in [0.1, 0.15) is 17.0 Å². The van der Waals surface area contributed by atoms with Gasteiger partial charge in [0.2, 0.25) is 0 Å². The topological polar surface area (TPSA) is 60.7 Å². The molecule has 2 aromatic rings. The van der Waals surface area contributed by atoms with E-state index in [1.54, 1.807) is 44.9 Å². The number of ether oxygens (including phenoxy) is 2. The molecule has 0 saturated heterocycles. The lowest BCUT2D eigenvalue weighted by Gasteiger charge is -2.23. The number of hydrogen-bond donors (Lipinski definition) is 1. The number of benzene rings is 1. The molecule has 5 heteroatoms. The van der Waals surface area contributed by atoms with Crippen molar-refractivity contribution in [1.29, 1.82) is 0 Å². The maximum Gasteiger partial charge on any atom is 0.329 e. The Morgan fingerprint density at radius 1 is 1.26 bits per heavy atom. The fourth-order valence-electron chi connectivity index (χ4n) is 2.06. The van der Waals surface area contributed by atoms with Gasteiger partial charge in [0.15, 0.2) is 0 Å². The molecule has 0 aliphatic rings. The highest BCUT2D eigenvalue weighted by Crippen LogP contribution is 2.34. The largest absolute Gasteiger partial charge is 0.497 e. The molecule has 1 heterocycles. The first-order valence-electron chi connectivity index (χ1n) is 5.88. The van der Waals surface area contributed by atoms with Crippen molar-refractivity contribution in [3.63, 3.8) is 0 Å². The van der Waals surface area contributed by atoms with Gasteiger partial charge < -0.3 is 19.1 Å². The van der Waals surface area contributed by atoms with Crippen LogP contribution >= 0.6 is 0 Å². The molecule has 0 spiro atoms. The highest BCUT2D eigenvalue weighted by atomic mass is 16.5. The summed E-state index contributed by atoms with van der Waals surface area (Å²) in [6.07, 6.45) is 1.75. The molecule has 0 saturated carbocycles. The van der Waals surface area contributed by atoms with Crippen LogP contribution in [0.5, 0.6) is 11.5 Å². The summed E-state index contributed by atoms with van der Waals surface area (Å²) in [5.41, 5.74) is -0.275. The summed E-state index contributed by atoms with van der Waals surface area (Å²) in [7, 11) is 3.14. The maximum atomic E-state index is 11.4. The molecule has 0 fully saturated rings. The van der Waals surface area contributed by atoms with E-state index in [-0.39, 0.29) is 0 Å². The number of fused-ring (bicyclic) bond motifs is 1. The van der Waals surface area contributed by atoms with Gasteiger partial charge in [-0.15, -0.1) is 0 Å². The maximum absolute atomic E-state index is 11.4. The average molecular weight is 263 g/mol. The third-order valence-corrected chi connectivity index (χ3v) is 3.32. The summed E-state index contributed by atoms with van der Waals surface area (Å²) in [6.45, 7) is 3.31. The van der Waals surface area contributed by atoms with Crippen molar-refractivity contribution in [3.05, 3.63) is 24.4 Å². The zero-order valence-corrected chi connectivity index (χ0v) is 11.4. The van der Waals surface area contributed by atoms with Gasteiger partial charge in [0, 0.05) is 23.7 Å². The fraction of sp³-hybridized carbons (Fsp3) is 0.357. The highest BCUT2D eigenvalue weighted by molar-refractivity contribution is 5.90. The predicted octanol–water partition coefficient (Wildman–Crippen LogP) is 2.48. The van der Waals surface area contributed by atoms with Crippen molar-refractivity contribution >= 4 is 16.9 Å². The number of carbonyl (C=O) groups is 1. The Labute approximate surface area is 111 Å². The summed E-state index contributed by atoms with van der Waals surface area (Å²) in [5.74, 6) is 0.395. The molecule has 5 nitrogen and oxygen atoms in total. The minimum atomic E-state index is -1.04. The Morgan fingerprint density at radius 3 is 2.47 bits per heavy atom. The number of methoxy groups -OCH3 is 2. The van der Waals surface area contributed by atoms with Crippen LogP contribution in [0.3, 0.4) is 0 Å². The Hall–Kier alpha value is -2.17. The van der Waals surface area contributed by atoms with Crippen molar-refractivity contribution in [2.75, 3.05) is 14.2 Å². The van der Waals surface area contributed by atoms with Crippen LogP contribution in [-0.4, -0.2) is 29.9 Å². The Balaban J connectivity index is 2.75. The molecule has 0 aliphatic carbocycles. The lowest BCUT2D eigenvalue weighted by Crippen LogP contribution is -2.34. The van der Waals surface area contributed by atoms with E-state index in [0.717, 1.165) is 10.9 Å². The van der Waals surface area contributed by atoms with Gasteiger partial charge in [0.05, 0.1) is 19.7 Å². The first kappa shape index (κ1) is 13.3. The summed E-state index contributed by atoms with van der Waals surface area (Å²) in [6, 6.07) is 5.43. The smallest absolute Gasteiger partial charge is 0.329 e. The van der Waals surface area contributed by atoms with E-state index in [0.29, 0.717) is 11.5 Å². The van der Waals surface area contributed by atoms with Gasteiger partial charge in [-0.3, -0.25) is 0 Å². The SMILES string of the molecule is COc1cc(OC)c2ccn(C(C)(C)C(=O)O)c2c1. The molecule has 0 amide bonds. The van der Waals surface area contributed by atoms with Crippen LogP contribution in [0.2, 0.25) is 0 Å². The number of aliphatic carboxylic acids is 1. The Morgan fingerprint density at radius 2 is 1.95 bits per heavy atom. The number of hydrogen-bond acceptors (Lipinski definition) is 3. The van der Waals surface area contributed by atoms with Crippen LogP contribution in [0.15, 0.2) is 24.4 Å². The van der Waals surface area contributed by atoms with Crippen molar-refractivity contribution < 1.29 is 19.4 Å². The Kier molecular flexibility index (Phi) is 3.14.